The highest BCUT2D eigenvalue weighted by Gasteiger charge is 2.35. The van der Waals surface area contributed by atoms with Crippen molar-refractivity contribution < 1.29 is 19.1 Å². The zero-order chi connectivity index (χ0) is 25.2. The highest BCUT2D eigenvalue weighted by atomic mass is 79.9. The molecule has 0 aliphatic carbocycles. The van der Waals surface area contributed by atoms with Gasteiger partial charge in [-0.2, -0.15) is 0 Å². The van der Waals surface area contributed by atoms with E-state index in [4.69, 9.17) is 16.3 Å². The molecule has 36 heavy (non-hydrogen) atoms. The lowest BCUT2D eigenvalue weighted by atomic mass is 10.1. The summed E-state index contributed by atoms with van der Waals surface area (Å²) in [5, 5.41) is 2.29. The van der Waals surface area contributed by atoms with E-state index in [1.165, 1.54) is 4.90 Å². The third kappa shape index (κ3) is 5.23. The van der Waals surface area contributed by atoms with Gasteiger partial charge in [-0.15, -0.1) is 0 Å². The van der Waals surface area contributed by atoms with E-state index < -0.39 is 11.9 Å². The molecule has 0 aromatic heterocycles. The van der Waals surface area contributed by atoms with Gasteiger partial charge in [0.1, 0.15) is 5.75 Å². The highest BCUT2D eigenvalue weighted by Crippen LogP contribution is 2.36. The summed E-state index contributed by atoms with van der Waals surface area (Å²) in [4.78, 5) is 40.0. The maximum atomic E-state index is 13.1. The van der Waals surface area contributed by atoms with E-state index in [0.29, 0.717) is 16.1 Å². The summed E-state index contributed by atoms with van der Waals surface area (Å²) in [7, 11) is 0. The van der Waals surface area contributed by atoms with E-state index in [2.05, 4.69) is 15.9 Å². The predicted molar refractivity (Wildman–Crippen MR) is 146 cm³/mol. The van der Waals surface area contributed by atoms with E-state index in [0.717, 1.165) is 32.6 Å². The van der Waals surface area contributed by atoms with E-state index in [9.17, 15) is 14.4 Å². The first-order valence-electron chi connectivity index (χ1n) is 10.9. The van der Waals surface area contributed by atoms with Crippen molar-refractivity contribution in [2.45, 2.75) is 6.54 Å². The molecule has 0 spiro atoms. The van der Waals surface area contributed by atoms with Gasteiger partial charge in [-0.3, -0.25) is 14.5 Å². The number of imide groups is 1. The first-order valence-corrected chi connectivity index (χ1v) is 12.9. The minimum absolute atomic E-state index is 0.170. The number of rotatable bonds is 5. The molecule has 0 atom stereocenters. The Morgan fingerprint density at radius 2 is 1.69 bits per heavy atom. The van der Waals surface area contributed by atoms with E-state index >= 15 is 0 Å². The quantitative estimate of drug-likeness (QED) is 0.138. The number of hydrogen-bond acceptors (Lipinski definition) is 5. The van der Waals surface area contributed by atoms with Gasteiger partial charge in [0, 0.05) is 15.1 Å². The Labute approximate surface area is 224 Å². The first kappa shape index (κ1) is 24.3. The third-order valence-electron chi connectivity index (χ3n) is 5.57. The number of fused-ring (bicyclic) bond motifs is 1. The summed E-state index contributed by atoms with van der Waals surface area (Å²) in [6.07, 6.45) is 1.57. The molecule has 5 nitrogen and oxygen atoms in total. The van der Waals surface area contributed by atoms with Crippen molar-refractivity contribution in [2.75, 3.05) is 0 Å². The van der Waals surface area contributed by atoms with Crippen LogP contribution in [0.15, 0.2) is 94.3 Å². The Morgan fingerprint density at radius 3 is 2.47 bits per heavy atom. The molecule has 4 aromatic carbocycles. The molecule has 1 aliphatic heterocycles. The fourth-order valence-corrected chi connectivity index (χ4v) is 5.10. The van der Waals surface area contributed by atoms with Crippen molar-refractivity contribution in [1.29, 1.82) is 0 Å². The van der Waals surface area contributed by atoms with Crippen LogP contribution >= 0.6 is 39.3 Å². The SMILES string of the molecule is O=C(Oc1ccc(Br)cc1/C=C1\SC(=O)N(Cc2ccc3ccccc3c2)C1=O)c1ccc(Cl)cc1. The molecule has 2 amide bonds. The summed E-state index contributed by atoms with van der Waals surface area (Å²) >= 11 is 10.2. The number of nitrogens with zero attached hydrogens (tertiary/aromatic N) is 1. The molecule has 178 valence electrons. The lowest BCUT2D eigenvalue weighted by Gasteiger charge is -2.13. The van der Waals surface area contributed by atoms with Gasteiger partial charge in [-0.25, -0.2) is 4.79 Å². The molecule has 1 fully saturated rings. The topological polar surface area (TPSA) is 63.7 Å². The van der Waals surface area contributed by atoms with Crippen molar-refractivity contribution >= 4 is 73.3 Å². The number of amides is 2. The third-order valence-corrected chi connectivity index (χ3v) is 7.22. The average Bonchev–Trinajstić information content (AvgIpc) is 3.13. The van der Waals surface area contributed by atoms with Crippen molar-refractivity contribution in [3.63, 3.8) is 0 Å². The summed E-state index contributed by atoms with van der Waals surface area (Å²) in [5.74, 6) is -0.694. The zero-order valence-corrected chi connectivity index (χ0v) is 21.8. The Kier molecular flexibility index (Phi) is 6.96. The molecule has 1 saturated heterocycles. The molecule has 1 heterocycles. The number of carbonyl (C=O) groups is 3. The van der Waals surface area contributed by atoms with E-state index in [1.54, 1.807) is 48.5 Å². The van der Waals surface area contributed by atoms with Crippen LogP contribution in [0.1, 0.15) is 21.5 Å². The predicted octanol–water partition coefficient (Wildman–Crippen LogP) is 7.71. The molecule has 4 aromatic rings. The summed E-state index contributed by atoms with van der Waals surface area (Å²) in [6.45, 7) is 0.170. The van der Waals surface area contributed by atoms with Crippen LogP contribution in [0.4, 0.5) is 4.79 Å². The van der Waals surface area contributed by atoms with Crippen LogP contribution in [0.5, 0.6) is 5.75 Å². The van der Waals surface area contributed by atoms with Crippen LogP contribution in [0.25, 0.3) is 16.8 Å². The molecule has 0 unspecified atom stereocenters. The van der Waals surface area contributed by atoms with Crippen LogP contribution in [0.3, 0.4) is 0 Å². The van der Waals surface area contributed by atoms with Crippen molar-refractivity contribution in [3.8, 4) is 5.75 Å². The number of halogens is 2. The van der Waals surface area contributed by atoms with E-state index in [1.807, 2.05) is 42.5 Å². The second-order valence-corrected chi connectivity index (χ2v) is 10.4. The summed E-state index contributed by atoms with van der Waals surface area (Å²) in [5.41, 5.74) is 1.68. The van der Waals surface area contributed by atoms with Crippen LogP contribution in [-0.2, 0) is 11.3 Å². The second-order valence-electron chi connectivity index (χ2n) is 8.03. The minimum atomic E-state index is -0.562. The molecular formula is C28H17BrClNO4S. The van der Waals surface area contributed by atoms with Gasteiger partial charge in [0.25, 0.3) is 11.1 Å². The molecule has 0 saturated carbocycles. The largest absolute Gasteiger partial charge is 0.422 e. The average molecular weight is 579 g/mol. The van der Waals surface area contributed by atoms with Crippen molar-refractivity contribution in [3.05, 3.63) is 116 Å². The highest BCUT2D eigenvalue weighted by molar-refractivity contribution is 9.10. The van der Waals surface area contributed by atoms with Crippen molar-refractivity contribution in [2.24, 2.45) is 0 Å². The van der Waals surface area contributed by atoms with Crippen LogP contribution in [-0.4, -0.2) is 22.0 Å². The van der Waals surface area contributed by atoms with Gasteiger partial charge in [0.2, 0.25) is 0 Å². The second kappa shape index (κ2) is 10.3. The van der Waals surface area contributed by atoms with E-state index in [-0.39, 0.29) is 22.4 Å². The number of carbonyl (C=O) groups excluding carboxylic acids is 3. The number of ether oxygens (including phenoxy) is 1. The van der Waals surface area contributed by atoms with Crippen molar-refractivity contribution in [1.82, 2.24) is 4.90 Å². The lowest BCUT2D eigenvalue weighted by molar-refractivity contribution is -0.123. The van der Waals surface area contributed by atoms with Gasteiger partial charge in [0.15, 0.2) is 0 Å². The first-order chi connectivity index (χ1) is 17.4. The monoisotopic (exact) mass is 577 g/mol. The fourth-order valence-electron chi connectivity index (χ4n) is 3.77. The smallest absolute Gasteiger partial charge is 0.343 e. The zero-order valence-electron chi connectivity index (χ0n) is 18.6. The standard InChI is InChI=1S/C28H17BrClNO4S/c29-22-9-12-24(35-27(33)19-7-10-23(30)11-8-19)21(14-22)15-25-26(32)31(28(34)36-25)16-17-5-6-18-3-1-2-4-20(18)13-17/h1-15H,16H2/b25-15-. The molecule has 8 heteroatoms. The maximum Gasteiger partial charge on any atom is 0.343 e. The number of benzene rings is 4. The van der Waals surface area contributed by atoms with Gasteiger partial charge < -0.3 is 4.74 Å². The van der Waals surface area contributed by atoms with Gasteiger partial charge in [-0.05, 0) is 82.7 Å². The fraction of sp³-hybridized carbons (Fsp3) is 0.0357. The molecular weight excluding hydrogens is 562 g/mol. The molecule has 5 rings (SSSR count). The van der Waals surface area contributed by atoms with Gasteiger partial charge in [0.05, 0.1) is 17.0 Å². The summed E-state index contributed by atoms with van der Waals surface area (Å²) in [6, 6.07) is 25.2. The molecule has 0 bridgehead atoms. The van der Waals surface area contributed by atoms with Crippen LogP contribution < -0.4 is 4.74 Å². The van der Waals surface area contributed by atoms with Gasteiger partial charge in [-0.1, -0.05) is 63.9 Å². The summed E-state index contributed by atoms with van der Waals surface area (Å²) < 4.78 is 6.33. The Hall–Kier alpha value is -3.39. The molecule has 1 aliphatic rings. The van der Waals surface area contributed by atoms with Gasteiger partial charge >= 0.3 is 5.97 Å². The number of esters is 1. The molecule has 0 radical (unpaired) electrons. The number of thioether (sulfide) groups is 1. The minimum Gasteiger partial charge on any atom is -0.422 e. The lowest BCUT2D eigenvalue weighted by Crippen LogP contribution is -2.27. The Bertz CT molecular complexity index is 1550. The maximum absolute atomic E-state index is 13.1. The Balaban J connectivity index is 1.39. The molecule has 0 N–H and O–H groups in total. The van der Waals surface area contributed by atoms with Crippen LogP contribution in [0, 0.1) is 0 Å². The normalized spacial score (nSPS) is 14.6. The van der Waals surface area contributed by atoms with Crippen LogP contribution in [0.2, 0.25) is 5.02 Å². The number of hydrogen-bond donors (Lipinski definition) is 0. The Morgan fingerprint density at radius 1 is 0.944 bits per heavy atom.